The molecule has 88 valence electrons. The van der Waals surface area contributed by atoms with Gasteiger partial charge in [-0.25, -0.2) is 4.39 Å². The number of benzene rings is 1. The van der Waals surface area contributed by atoms with Crippen LogP contribution in [0.4, 0.5) is 4.39 Å². The normalized spacial score (nSPS) is 12.2. The first-order valence-electron chi connectivity index (χ1n) is 4.90. The van der Waals surface area contributed by atoms with Crippen LogP contribution >= 0.6 is 15.9 Å². The molecule has 2 N–H and O–H groups in total. The van der Waals surface area contributed by atoms with Crippen LogP contribution in [0, 0.1) is 5.82 Å². The molecule has 16 heavy (non-hydrogen) atoms. The Morgan fingerprint density at radius 3 is 2.88 bits per heavy atom. The molecule has 1 atom stereocenters. The van der Waals surface area contributed by atoms with Crippen molar-refractivity contribution in [2.45, 2.75) is 19.4 Å². The highest BCUT2D eigenvalue weighted by Crippen LogP contribution is 2.22. The van der Waals surface area contributed by atoms with Gasteiger partial charge >= 0.3 is 5.97 Å². The van der Waals surface area contributed by atoms with Crippen molar-refractivity contribution in [1.29, 1.82) is 0 Å². The summed E-state index contributed by atoms with van der Waals surface area (Å²) < 4.78 is 18.1. The largest absolute Gasteiger partial charge is 0.466 e. The van der Waals surface area contributed by atoms with Crippen LogP contribution in [-0.4, -0.2) is 12.6 Å². The van der Waals surface area contributed by atoms with Gasteiger partial charge in [-0.15, -0.1) is 0 Å². The third kappa shape index (κ3) is 3.57. The van der Waals surface area contributed by atoms with Gasteiger partial charge in [0.1, 0.15) is 5.82 Å². The van der Waals surface area contributed by atoms with E-state index in [2.05, 4.69) is 15.9 Å². The van der Waals surface area contributed by atoms with Gasteiger partial charge in [-0.05, 0) is 40.5 Å². The third-order valence-electron chi connectivity index (χ3n) is 2.06. The summed E-state index contributed by atoms with van der Waals surface area (Å²) in [7, 11) is 0. The third-order valence-corrected chi connectivity index (χ3v) is 2.67. The van der Waals surface area contributed by atoms with E-state index in [1.165, 1.54) is 6.07 Å². The molecular formula is C11H13BrFNO2. The lowest BCUT2D eigenvalue weighted by atomic mass is 10.1. The Kier molecular flexibility index (Phi) is 4.89. The van der Waals surface area contributed by atoms with E-state index in [0.29, 0.717) is 16.6 Å². The van der Waals surface area contributed by atoms with E-state index < -0.39 is 6.04 Å². The minimum absolute atomic E-state index is 0.0892. The number of rotatable bonds is 4. The second-order valence-electron chi connectivity index (χ2n) is 3.29. The van der Waals surface area contributed by atoms with E-state index in [1.54, 1.807) is 19.1 Å². The van der Waals surface area contributed by atoms with Crippen LogP contribution in [-0.2, 0) is 9.53 Å². The average Bonchev–Trinajstić information content (AvgIpc) is 2.22. The van der Waals surface area contributed by atoms with Crippen molar-refractivity contribution in [2.75, 3.05) is 6.61 Å². The van der Waals surface area contributed by atoms with Crippen LogP contribution in [0.3, 0.4) is 0 Å². The highest BCUT2D eigenvalue weighted by Gasteiger charge is 2.13. The summed E-state index contributed by atoms with van der Waals surface area (Å²) in [6, 6.07) is 3.96. The highest BCUT2D eigenvalue weighted by molar-refractivity contribution is 9.10. The van der Waals surface area contributed by atoms with Gasteiger partial charge in [0.25, 0.3) is 0 Å². The molecule has 0 amide bonds. The van der Waals surface area contributed by atoms with Crippen molar-refractivity contribution < 1.29 is 13.9 Å². The van der Waals surface area contributed by atoms with Crippen LogP contribution in [0.5, 0.6) is 0 Å². The first-order chi connectivity index (χ1) is 7.54. The topological polar surface area (TPSA) is 52.3 Å². The molecule has 0 aliphatic carbocycles. The maximum Gasteiger partial charge on any atom is 0.307 e. The monoisotopic (exact) mass is 289 g/mol. The van der Waals surface area contributed by atoms with Gasteiger partial charge in [-0.2, -0.15) is 0 Å². The van der Waals surface area contributed by atoms with Gasteiger partial charge in [-0.1, -0.05) is 6.07 Å². The number of carbonyl (C=O) groups excluding carboxylic acids is 1. The minimum atomic E-state index is -0.476. The van der Waals surface area contributed by atoms with Crippen LogP contribution < -0.4 is 5.73 Å². The number of carbonyl (C=O) groups is 1. The van der Waals surface area contributed by atoms with E-state index in [4.69, 9.17) is 10.5 Å². The fourth-order valence-electron chi connectivity index (χ4n) is 1.26. The average molecular weight is 290 g/mol. The van der Waals surface area contributed by atoms with Crippen LogP contribution in [0.25, 0.3) is 0 Å². The Balaban J connectivity index is 2.69. The summed E-state index contributed by atoms with van der Waals surface area (Å²) in [6.07, 6.45) is 0.0892. The quantitative estimate of drug-likeness (QED) is 0.867. The van der Waals surface area contributed by atoms with E-state index in [9.17, 15) is 9.18 Å². The summed E-state index contributed by atoms with van der Waals surface area (Å²) in [5.74, 6) is -0.706. The van der Waals surface area contributed by atoms with Gasteiger partial charge in [-0.3, -0.25) is 4.79 Å². The molecule has 0 radical (unpaired) electrons. The molecule has 1 rings (SSSR count). The molecule has 0 saturated carbocycles. The van der Waals surface area contributed by atoms with Crippen molar-refractivity contribution in [1.82, 2.24) is 0 Å². The molecule has 3 nitrogen and oxygen atoms in total. The zero-order valence-corrected chi connectivity index (χ0v) is 10.5. The molecule has 0 aliphatic heterocycles. The van der Waals surface area contributed by atoms with Crippen molar-refractivity contribution in [2.24, 2.45) is 5.73 Å². The Labute approximate surface area is 102 Å². The summed E-state index contributed by atoms with van der Waals surface area (Å²) in [5, 5.41) is 0. The number of esters is 1. The summed E-state index contributed by atoms with van der Waals surface area (Å²) in [4.78, 5) is 11.2. The summed E-state index contributed by atoms with van der Waals surface area (Å²) >= 11 is 3.06. The Hall–Kier alpha value is -0.940. The summed E-state index contributed by atoms with van der Waals surface area (Å²) in [5.41, 5.74) is 6.50. The number of halogens is 2. The minimum Gasteiger partial charge on any atom is -0.466 e. The van der Waals surface area contributed by atoms with E-state index in [-0.39, 0.29) is 18.2 Å². The molecule has 1 aromatic rings. The van der Waals surface area contributed by atoms with Gasteiger partial charge in [0.15, 0.2) is 0 Å². The molecule has 0 saturated heterocycles. The molecule has 0 fully saturated rings. The predicted octanol–water partition coefficient (Wildman–Crippen LogP) is 2.54. The standard InChI is InChI=1S/C11H13BrFNO2/c1-2-16-11(15)6-10(14)7-3-4-9(13)8(12)5-7/h3-5,10H,2,6,14H2,1H3. The van der Waals surface area contributed by atoms with Gasteiger partial charge in [0.05, 0.1) is 17.5 Å². The second-order valence-corrected chi connectivity index (χ2v) is 4.14. The summed E-state index contributed by atoms with van der Waals surface area (Å²) in [6.45, 7) is 2.07. The van der Waals surface area contributed by atoms with E-state index in [0.717, 1.165) is 0 Å². The Bertz CT molecular complexity index is 384. The lowest BCUT2D eigenvalue weighted by molar-refractivity contribution is -0.143. The molecule has 5 heteroatoms. The van der Waals surface area contributed by atoms with Gasteiger partial charge in [0.2, 0.25) is 0 Å². The van der Waals surface area contributed by atoms with Crippen molar-refractivity contribution in [3.8, 4) is 0 Å². The smallest absolute Gasteiger partial charge is 0.307 e. The molecule has 0 heterocycles. The van der Waals surface area contributed by atoms with Crippen molar-refractivity contribution in [3.05, 3.63) is 34.1 Å². The maximum atomic E-state index is 13.0. The van der Waals surface area contributed by atoms with Crippen LogP contribution in [0.2, 0.25) is 0 Å². The zero-order valence-electron chi connectivity index (χ0n) is 8.87. The Morgan fingerprint density at radius 2 is 2.31 bits per heavy atom. The van der Waals surface area contributed by atoms with Gasteiger partial charge < -0.3 is 10.5 Å². The first kappa shape index (κ1) is 13.1. The van der Waals surface area contributed by atoms with Crippen LogP contribution in [0.1, 0.15) is 24.9 Å². The van der Waals surface area contributed by atoms with Crippen molar-refractivity contribution >= 4 is 21.9 Å². The number of hydrogen-bond donors (Lipinski definition) is 1. The lowest BCUT2D eigenvalue weighted by Gasteiger charge is -2.11. The maximum absolute atomic E-state index is 13.0. The lowest BCUT2D eigenvalue weighted by Crippen LogP contribution is -2.17. The second kappa shape index (κ2) is 5.96. The molecule has 0 aromatic heterocycles. The fourth-order valence-corrected chi connectivity index (χ4v) is 1.66. The predicted molar refractivity (Wildman–Crippen MR) is 62.3 cm³/mol. The fraction of sp³-hybridized carbons (Fsp3) is 0.364. The van der Waals surface area contributed by atoms with Gasteiger partial charge in [0, 0.05) is 6.04 Å². The zero-order chi connectivity index (χ0) is 12.1. The van der Waals surface area contributed by atoms with Crippen LogP contribution in [0.15, 0.2) is 22.7 Å². The number of nitrogens with two attached hydrogens (primary N) is 1. The molecule has 0 aliphatic rings. The SMILES string of the molecule is CCOC(=O)CC(N)c1ccc(F)c(Br)c1. The van der Waals surface area contributed by atoms with E-state index >= 15 is 0 Å². The highest BCUT2D eigenvalue weighted by atomic mass is 79.9. The first-order valence-corrected chi connectivity index (χ1v) is 5.70. The van der Waals surface area contributed by atoms with Crippen molar-refractivity contribution in [3.63, 3.8) is 0 Å². The molecule has 0 spiro atoms. The molecular weight excluding hydrogens is 277 g/mol. The molecule has 0 bridgehead atoms. The van der Waals surface area contributed by atoms with E-state index in [1.807, 2.05) is 0 Å². The molecule has 1 aromatic carbocycles. The molecule has 1 unspecified atom stereocenters. The number of ether oxygens (including phenoxy) is 1. The number of hydrogen-bond acceptors (Lipinski definition) is 3. The Morgan fingerprint density at radius 1 is 1.62 bits per heavy atom.